The van der Waals surface area contributed by atoms with Crippen LogP contribution in [0.1, 0.15) is 29.3 Å². The number of methoxy groups -OCH3 is 2. The Morgan fingerprint density at radius 1 is 1.24 bits per heavy atom. The highest BCUT2D eigenvalue weighted by atomic mass is 16.5. The highest BCUT2D eigenvalue weighted by Crippen LogP contribution is 2.32. The molecule has 1 aromatic carbocycles. The predicted molar refractivity (Wildman–Crippen MR) is 140 cm³/mol. The molecule has 0 radical (unpaired) electrons. The van der Waals surface area contributed by atoms with Crippen LogP contribution in [0.25, 0.3) is 10.9 Å². The number of amides is 1. The number of nitriles is 1. The van der Waals surface area contributed by atoms with E-state index in [4.69, 9.17) is 20.3 Å². The fourth-order valence-corrected chi connectivity index (χ4v) is 4.25. The third-order valence-corrected chi connectivity index (χ3v) is 6.10. The molecule has 37 heavy (non-hydrogen) atoms. The maximum absolute atomic E-state index is 12.7. The molecule has 0 bridgehead atoms. The van der Waals surface area contributed by atoms with Gasteiger partial charge < -0.3 is 25.0 Å². The van der Waals surface area contributed by atoms with Gasteiger partial charge in [-0.2, -0.15) is 10.4 Å². The van der Waals surface area contributed by atoms with Crippen molar-refractivity contribution < 1.29 is 14.3 Å². The summed E-state index contributed by atoms with van der Waals surface area (Å²) in [5, 5.41) is 15.1. The largest absolute Gasteiger partial charge is 0.497 e. The van der Waals surface area contributed by atoms with Gasteiger partial charge >= 0.3 is 0 Å². The number of rotatable bonds is 6. The van der Waals surface area contributed by atoms with E-state index in [-0.39, 0.29) is 17.8 Å². The van der Waals surface area contributed by atoms with Crippen LogP contribution in [0.3, 0.4) is 0 Å². The van der Waals surface area contributed by atoms with E-state index >= 15 is 0 Å². The van der Waals surface area contributed by atoms with Crippen molar-refractivity contribution in [2.24, 2.45) is 0 Å². The normalized spacial score (nSPS) is 15.1. The number of likely N-dealkylation sites (N-methyl/N-ethyl adjacent to an activating group) is 1. The van der Waals surface area contributed by atoms with Crippen molar-refractivity contribution in [1.82, 2.24) is 24.6 Å². The van der Waals surface area contributed by atoms with Crippen molar-refractivity contribution >= 4 is 22.6 Å². The minimum Gasteiger partial charge on any atom is -0.497 e. The molecule has 2 aromatic heterocycles. The summed E-state index contributed by atoms with van der Waals surface area (Å²) in [6, 6.07) is 7.41. The minimum absolute atomic E-state index is 0.0468. The molecule has 1 fully saturated rings. The van der Waals surface area contributed by atoms with Crippen LogP contribution in [0.4, 0.5) is 5.82 Å². The monoisotopic (exact) mass is 499 g/mol. The molecule has 1 saturated heterocycles. The van der Waals surface area contributed by atoms with Crippen molar-refractivity contribution in [2.45, 2.75) is 12.5 Å². The van der Waals surface area contributed by atoms with Crippen LogP contribution in [0.5, 0.6) is 11.5 Å². The van der Waals surface area contributed by atoms with Gasteiger partial charge in [0, 0.05) is 43.5 Å². The Morgan fingerprint density at radius 3 is 2.62 bits per heavy atom. The Balaban J connectivity index is 1.72. The second kappa shape index (κ2) is 11.0. The number of hydrogen-bond acceptors (Lipinski definition) is 8. The fraction of sp³-hybridized carbons (Fsp3) is 0.333. The van der Waals surface area contributed by atoms with Crippen LogP contribution in [0.2, 0.25) is 0 Å². The van der Waals surface area contributed by atoms with Gasteiger partial charge in [0.05, 0.1) is 36.7 Å². The van der Waals surface area contributed by atoms with E-state index in [2.05, 4.69) is 22.9 Å². The molecule has 1 atom stereocenters. The van der Waals surface area contributed by atoms with Crippen LogP contribution in [-0.2, 0) is 4.79 Å². The highest BCUT2D eigenvalue weighted by molar-refractivity contribution is 5.96. The molecular weight excluding hydrogens is 470 g/mol. The van der Waals surface area contributed by atoms with Crippen molar-refractivity contribution in [1.29, 1.82) is 5.26 Å². The molecule has 10 nitrogen and oxygen atoms in total. The second-order valence-electron chi connectivity index (χ2n) is 8.93. The van der Waals surface area contributed by atoms with Gasteiger partial charge in [-0.15, -0.1) is 0 Å². The number of nitrogens with zero attached hydrogens (tertiary/aromatic N) is 6. The quantitative estimate of drug-likeness (QED) is 0.405. The van der Waals surface area contributed by atoms with E-state index in [1.807, 2.05) is 25.1 Å². The van der Waals surface area contributed by atoms with Gasteiger partial charge in [0.15, 0.2) is 0 Å². The number of ether oxygens (including phenoxy) is 2. The molecule has 0 spiro atoms. The predicted octanol–water partition coefficient (Wildman–Crippen LogP) is 2.19. The van der Waals surface area contributed by atoms with E-state index in [9.17, 15) is 10.1 Å². The standard InChI is InChI=1S/C27H29N7O3/c1-32(2)10-5-6-24(35)33-11-9-20(17-33)34-26-19(15-28)16-30-27(29)25(26)23(31-34)8-7-18-12-21(36-3)14-22(13-18)37-4/h5-6,12-14,16,20H,9-11,17H2,1-4H3,(H2,29,30). The Kier molecular flexibility index (Phi) is 7.61. The van der Waals surface area contributed by atoms with E-state index in [1.165, 1.54) is 6.20 Å². The second-order valence-corrected chi connectivity index (χ2v) is 8.93. The topological polar surface area (TPSA) is 123 Å². The summed E-state index contributed by atoms with van der Waals surface area (Å²) in [5.41, 5.74) is 8.25. The smallest absolute Gasteiger partial charge is 0.246 e. The summed E-state index contributed by atoms with van der Waals surface area (Å²) in [6.07, 6.45) is 5.59. The molecule has 10 heteroatoms. The number of fused-ring (bicyclic) bond motifs is 1. The lowest BCUT2D eigenvalue weighted by molar-refractivity contribution is -0.125. The summed E-state index contributed by atoms with van der Waals surface area (Å²) >= 11 is 0. The van der Waals surface area contributed by atoms with Crippen molar-refractivity contribution in [2.75, 3.05) is 53.7 Å². The van der Waals surface area contributed by atoms with Gasteiger partial charge in [-0.3, -0.25) is 9.48 Å². The molecule has 3 heterocycles. The summed E-state index contributed by atoms with van der Waals surface area (Å²) in [4.78, 5) is 20.6. The number of hydrogen-bond donors (Lipinski definition) is 1. The van der Waals surface area contributed by atoms with Gasteiger partial charge in [0.2, 0.25) is 5.91 Å². The first-order chi connectivity index (χ1) is 17.8. The first-order valence-corrected chi connectivity index (χ1v) is 11.8. The molecular formula is C27H29N7O3. The lowest BCUT2D eigenvalue weighted by Gasteiger charge is -2.16. The molecule has 2 N–H and O–H groups in total. The van der Waals surface area contributed by atoms with Crippen molar-refractivity contribution in [3.63, 3.8) is 0 Å². The Morgan fingerprint density at radius 2 is 1.97 bits per heavy atom. The number of carbonyl (C=O) groups is 1. The molecule has 0 aliphatic carbocycles. The molecule has 1 aliphatic heterocycles. The molecule has 1 amide bonds. The SMILES string of the molecule is COc1cc(C#Cc2nn(C3CCN(C(=O)C=CCN(C)C)C3)c3c(C#N)cnc(N)c23)cc(OC)c1. The van der Waals surface area contributed by atoms with Crippen molar-refractivity contribution in [3.8, 4) is 29.4 Å². The lowest BCUT2D eigenvalue weighted by Crippen LogP contribution is -2.28. The van der Waals surface area contributed by atoms with E-state index in [0.29, 0.717) is 65.3 Å². The summed E-state index contributed by atoms with van der Waals surface area (Å²) in [6.45, 7) is 1.74. The average Bonchev–Trinajstić information content (AvgIpc) is 3.53. The zero-order chi connectivity index (χ0) is 26.5. The lowest BCUT2D eigenvalue weighted by atomic mass is 10.1. The zero-order valence-corrected chi connectivity index (χ0v) is 21.4. The van der Waals surface area contributed by atoms with Crippen molar-refractivity contribution in [3.05, 3.63) is 53.4 Å². The summed E-state index contributed by atoms with van der Waals surface area (Å²) in [5.74, 6) is 7.62. The number of nitrogens with two attached hydrogens (primary N) is 1. The average molecular weight is 500 g/mol. The fourth-order valence-electron chi connectivity index (χ4n) is 4.25. The molecule has 1 aliphatic rings. The van der Waals surface area contributed by atoms with E-state index < -0.39 is 0 Å². The third-order valence-electron chi connectivity index (χ3n) is 6.10. The first kappa shape index (κ1) is 25.5. The minimum atomic E-state index is -0.130. The number of benzene rings is 1. The molecule has 0 saturated carbocycles. The van der Waals surface area contributed by atoms with Gasteiger partial charge in [-0.1, -0.05) is 12.0 Å². The number of aromatic nitrogens is 3. The van der Waals surface area contributed by atoms with Crippen LogP contribution < -0.4 is 15.2 Å². The maximum atomic E-state index is 12.7. The van der Waals surface area contributed by atoms with E-state index in [1.54, 1.807) is 48.1 Å². The molecule has 3 aromatic rings. The molecule has 1 unspecified atom stereocenters. The highest BCUT2D eigenvalue weighted by Gasteiger charge is 2.30. The van der Waals surface area contributed by atoms with E-state index in [0.717, 1.165) is 0 Å². The van der Waals surface area contributed by atoms with Crippen LogP contribution in [0, 0.1) is 23.2 Å². The Bertz CT molecular complexity index is 1430. The zero-order valence-electron chi connectivity index (χ0n) is 21.4. The van der Waals surface area contributed by atoms with Gasteiger partial charge in [0.1, 0.15) is 29.1 Å². The maximum Gasteiger partial charge on any atom is 0.246 e. The number of anilines is 1. The van der Waals surface area contributed by atoms with Crippen LogP contribution >= 0.6 is 0 Å². The first-order valence-electron chi connectivity index (χ1n) is 11.8. The Hall–Kier alpha value is -4.54. The number of nitrogen functional groups attached to an aromatic ring is 1. The molecule has 190 valence electrons. The van der Waals surface area contributed by atoms with Crippen LogP contribution in [0.15, 0.2) is 36.5 Å². The number of likely N-dealkylation sites (tertiary alicyclic amines) is 1. The summed E-state index contributed by atoms with van der Waals surface area (Å²) < 4.78 is 12.4. The Labute approximate surface area is 215 Å². The number of carbonyl (C=O) groups excluding carboxylic acids is 1. The molecule has 4 rings (SSSR count). The van der Waals surface area contributed by atoms with Gasteiger partial charge in [0.25, 0.3) is 0 Å². The van der Waals surface area contributed by atoms with Gasteiger partial charge in [-0.25, -0.2) is 4.98 Å². The summed E-state index contributed by atoms with van der Waals surface area (Å²) in [7, 11) is 7.04. The third kappa shape index (κ3) is 5.50. The van der Waals surface area contributed by atoms with Gasteiger partial charge in [-0.05, 0) is 38.6 Å². The number of pyridine rings is 1. The van der Waals surface area contributed by atoms with Crippen LogP contribution in [-0.4, -0.2) is 78.4 Å².